The van der Waals surface area contributed by atoms with E-state index in [0.717, 1.165) is 5.56 Å². The molecule has 19 heavy (non-hydrogen) atoms. The number of rotatable bonds is 2. The van der Waals surface area contributed by atoms with Crippen LogP contribution < -0.4 is 0 Å². The predicted octanol–water partition coefficient (Wildman–Crippen LogP) is 3.30. The van der Waals surface area contributed by atoms with E-state index in [9.17, 15) is 9.59 Å². The van der Waals surface area contributed by atoms with Gasteiger partial charge in [-0.2, -0.15) is 0 Å². The molecule has 1 unspecified atom stereocenters. The first kappa shape index (κ1) is 15.5. The van der Waals surface area contributed by atoms with Crippen molar-refractivity contribution in [2.75, 3.05) is 0 Å². The maximum Gasteiger partial charge on any atom is 0.216 e. The largest absolute Gasteiger partial charge is 0.286 e. The molecule has 0 aliphatic heterocycles. The van der Waals surface area contributed by atoms with Crippen LogP contribution in [0.15, 0.2) is 30.3 Å². The minimum atomic E-state index is -0.680. The van der Waals surface area contributed by atoms with Gasteiger partial charge in [0.1, 0.15) is 0 Å². The highest BCUT2D eigenvalue weighted by Gasteiger charge is 2.25. The molecule has 0 fully saturated rings. The van der Waals surface area contributed by atoms with Crippen molar-refractivity contribution in [2.45, 2.75) is 32.4 Å². The molecule has 0 amide bonds. The number of ketones is 1. The van der Waals surface area contributed by atoms with Crippen LogP contribution in [0.2, 0.25) is 0 Å². The maximum atomic E-state index is 11.9. The fraction of sp³-hybridized carbons (Fsp3) is 0.375. The number of hydrogen-bond donors (Lipinski definition) is 0. The van der Waals surface area contributed by atoms with Gasteiger partial charge >= 0.3 is 0 Å². The van der Waals surface area contributed by atoms with E-state index in [-0.39, 0.29) is 15.6 Å². The van der Waals surface area contributed by atoms with Crippen molar-refractivity contribution in [1.82, 2.24) is 0 Å². The molecular weight excluding hydrogens is 256 g/mol. The third-order valence-electron chi connectivity index (χ3n) is 2.26. The van der Waals surface area contributed by atoms with Crippen molar-refractivity contribution < 1.29 is 9.59 Å². The van der Waals surface area contributed by atoms with Crippen molar-refractivity contribution >= 4 is 22.7 Å². The molecule has 1 atom stereocenters. The van der Waals surface area contributed by atoms with Gasteiger partial charge in [0.25, 0.3) is 0 Å². The average Bonchev–Trinajstić information content (AvgIpc) is 2.34. The first-order chi connectivity index (χ1) is 8.79. The number of thioether (sulfide) groups is 1. The lowest BCUT2D eigenvalue weighted by Gasteiger charge is -2.17. The Morgan fingerprint density at radius 3 is 2.26 bits per heavy atom. The van der Waals surface area contributed by atoms with Gasteiger partial charge in [0.2, 0.25) is 10.9 Å². The molecule has 0 saturated carbocycles. The highest BCUT2D eigenvalue weighted by atomic mass is 32.2. The Hall–Kier alpha value is -1.53. The molecule has 3 heteroatoms. The second kappa shape index (κ2) is 6.58. The van der Waals surface area contributed by atoms with E-state index in [1.165, 1.54) is 11.8 Å². The zero-order valence-corrected chi connectivity index (χ0v) is 12.5. The molecule has 0 N–H and O–H groups in total. The molecule has 0 radical (unpaired) electrons. The van der Waals surface area contributed by atoms with Crippen LogP contribution >= 0.6 is 11.8 Å². The Bertz CT molecular complexity index is 515. The highest BCUT2D eigenvalue weighted by Crippen LogP contribution is 2.27. The van der Waals surface area contributed by atoms with E-state index in [0.29, 0.717) is 0 Å². The second-order valence-electron chi connectivity index (χ2n) is 5.24. The van der Waals surface area contributed by atoms with Gasteiger partial charge < -0.3 is 0 Å². The molecule has 0 aliphatic rings. The Morgan fingerprint density at radius 1 is 1.16 bits per heavy atom. The van der Waals surface area contributed by atoms with Gasteiger partial charge in [-0.15, -0.1) is 0 Å². The Morgan fingerprint density at radius 2 is 1.74 bits per heavy atom. The molecule has 0 bridgehead atoms. The molecule has 2 nitrogen and oxygen atoms in total. The van der Waals surface area contributed by atoms with E-state index in [1.807, 2.05) is 51.1 Å². The van der Waals surface area contributed by atoms with Crippen LogP contribution in [0.25, 0.3) is 0 Å². The van der Waals surface area contributed by atoms with Crippen molar-refractivity contribution in [3.8, 4) is 11.8 Å². The van der Waals surface area contributed by atoms with Crippen LogP contribution in [0.1, 0.15) is 33.3 Å². The third kappa shape index (κ3) is 5.76. The first-order valence-corrected chi connectivity index (χ1v) is 6.95. The summed E-state index contributed by atoms with van der Waals surface area (Å²) >= 11 is 1.19. The van der Waals surface area contributed by atoms with Crippen LogP contribution in [0.3, 0.4) is 0 Å². The molecular formula is C16H18O2S. The van der Waals surface area contributed by atoms with Crippen LogP contribution in [-0.2, 0) is 9.59 Å². The summed E-state index contributed by atoms with van der Waals surface area (Å²) in [6.07, 6.45) is 0. The smallest absolute Gasteiger partial charge is 0.216 e. The summed E-state index contributed by atoms with van der Waals surface area (Å²) in [4.78, 5) is 23.7. The SMILES string of the molecule is CC(C(=O)C#Cc1ccccc1)C(=O)SC(C)(C)C. The van der Waals surface area contributed by atoms with Crippen LogP contribution in [0, 0.1) is 17.8 Å². The Kier molecular flexibility index (Phi) is 5.38. The molecule has 1 aromatic carbocycles. The standard InChI is InChI=1S/C16H18O2S/c1-12(15(18)19-16(2,3)4)14(17)11-10-13-8-6-5-7-9-13/h5-9,12H,1-4H3. The summed E-state index contributed by atoms with van der Waals surface area (Å²) in [5.74, 6) is 4.32. The fourth-order valence-electron chi connectivity index (χ4n) is 1.26. The van der Waals surface area contributed by atoms with Gasteiger partial charge in [0.05, 0.1) is 5.92 Å². The van der Waals surface area contributed by atoms with Crippen molar-refractivity contribution in [1.29, 1.82) is 0 Å². The van der Waals surface area contributed by atoms with E-state index in [1.54, 1.807) is 6.92 Å². The number of Topliss-reactive ketones (excluding diaryl/α,β-unsaturated/α-hetero) is 1. The lowest BCUT2D eigenvalue weighted by atomic mass is 10.1. The van der Waals surface area contributed by atoms with Crippen LogP contribution in [0.4, 0.5) is 0 Å². The van der Waals surface area contributed by atoms with Crippen molar-refractivity contribution in [2.24, 2.45) is 5.92 Å². The summed E-state index contributed by atoms with van der Waals surface area (Å²) in [7, 11) is 0. The van der Waals surface area contributed by atoms with Gasteiger partial charge in [0.15, 0.2) is 0 Å². The normalized spacial score (nSPS) is 12.2. The number of benzene rings is 1. The summed E-state index contributed by atoms with van der Waals surface area (Å²) < 4.78 is -0.182. The zero-order chi connectivity index (χ0) is 14.5. The molecule has 0 aromatic heterocycles. The average molecular weight is 274 g/mol. The van der Waals surface area contributed by atoms with Crippen molar-refractivity contribution in [3.63, 3.8) is 0 Å². The topological polar surface area (TPSA) is 34.1 Å². The molecule has 0 spiro atoms. The van der Waals surface area contributed by atoms with E-state index < -0.39 is 5.92 Å². The minimum Gasteiger partial charge on any atom is -0.286 e. The predicted molar refractivity (Wildman–Crippen MR) is 79.8 cm³/mol. The lowest BCUT2D eigenvalue weighted by Crippen LogP contribution is -2.22. The maximum absolute atomic E-state index is 11.9. The Labute approximate surface area is 119 Å². The monoisotopic (exact) mass is 274 g/mol. The van der Waals surface area contributed by atoms with Gasteiger partial charge in [-0.3, -0.25) is 9.59 Å². The van der Waals surface area contributed by atoms with E-state index in [4.69, 9.17) is 0 Å². The highest BCUT2D eigenvalue weighted by molar-refractivity contribution is 8.14. The Balaban J connectivity index is 2.69. The van der Waals surface area contributed by atoms with Crippen LogP contribution in [-0.4, -0.2) is 15.6 Å². The molecule has 1 aromatic rings. The molecule has 100 valence electrons. The zero-order valence-electron chi connectivity index (χ0n) is 11.7. The van der Waals surface area contributed by atoms with Crippen LogP contribution in [0.5, 0.6) is 0 Å². The van der Waals surface area contributed by atoms with Gasteiger partial charge in [0, 0.05) is 10.3 Å². The summed E-state index contributed by atoms with van der Waals surface area (Å²) in [5.41, 5.74) is 0.777. The summed E-state index contributed by atoms with van der Waals surface area (Å²) in [6.45, 7) is 7.45. The third-order valence-corrected chi connectivity index (χ3v) is 3.42. The second-order valence-corrected chi connectivity index (χ2v) is 7.07. The summed E-state index contributed by atoms with van der Waals surface area (Å²) in [5, 5.41) is -0.125. The number of carbonyl (C=O) groups excluding carboxylic acids is 2. The lowest BCUT2D eigenvalue weighted by molar-refractivity contribution is -0.124. The van der Waals surface area contributed by atoms with E-state index >= 15 is 0 Å². The van der Waals surface area contributed by atoms with Crippen molar-refractivity contribution in [3.05, 3.63) is 35.9 Å². The molecule has 0 heterocycles. The number of carbonyl (C=O) groups is 2. The quantitative estimate of drug-likeness (QED) is 0.613. The molecule has 0 saturated heterocycles. The molecule has 1 rings (SSSR count). The first-order valence-electron chi connectivity index (χ1n) is 6.13. The van der Waals surface area contributed by atoms with Gasteiger partial charge in [-0.25, -0.2) is 0 Å². The molecule has 0 aliphatic carbocycles. The van der Waals surface area contributed by atoms with Gasteiger partial charge in [-0.1, -0.05) is 56.7 Å². The van der Waals surface area contributed by atoms with E-state index in [2.05, 4.69) is 11.8 Å². The minimum absolute atomic E-state index is 0.125. The number of hydrogen-bond acceptors (Lipinski definition) is 3. The fourth-order valence-corrected chi connectivity index (χ4v) is 2.15. The van der Waals surface area contributed by atoms with Gasteiger partial charge in [-0.05, 0) is 25.0 Å². The summed E-state index contributed by atoms with van der Waals surface area (Å²) in [6, 6.07) is 9.27.